The van der Waals surface area contributed by atoms with Gasteiger partial charge in [0.1, 0.15) is 5.69 Å². The SMILES string of the molecule is COC(=O)c1ccc(/C=N/Nc2nnc(C(C)(C)C)c(=O)n2N)cc1. The van der Waals surface area contributed by atoms with Gasteiger partial charge in [-0.1, -0.05) is 32.9 Å². The van der Waals surface area contributed by atoms with Crippen molar-refractivity contribution in [2.24, 2.45) is 5.10 Å². The van der Waals surface area contributed by atoms with Crippen LogP contribution in [0.15, 0.2) is 34.2 Å². The van der Waals surface area contributed by atoms with Crippen LogP contribution in [0.4, 0.5) is 5.95 Å². The van der Waals surface area contributed by atoms with Crippen molar-refractivity contribution in [3.8, 4) is 0 Å². The first-order chi connectivity index (χ1) is 11.7. The summed E-state index contributed by atoms with van der Waals surface area (Å²) in [7, 11) is 1.32. The van der Waals surface area contributed by atoms with Crippen molar-refractivity contribution < 1.29 is 9.53 Å². The number of ether oxygens (including phenoxy) is 1. The molecule has 1 aromatic carbocycles. The minimum absolute atomic E-state index is 0.0143. The first-order valence-corrected chi connectivity index (χ1v) is 7.47. The van der Waals surface area contributed by atoms with Crippen LogP contribution in [0.3, 0.4) is 0 Å². The summed E-state index contributed by atoms with van der Waals surface area (Å²) in [5.41, 5.74) is 3.10. The zero-order valence-corrected chi connectivity index (χ0v) is 14.5. The number of carbonyl (C=O) groups excluding carboxylic acids is 1. The van der Waals surface area contributed by atoms with Gasteiger partial charge >= 0.3 is 5.97 Å². The fraction of sp³-hybridized carbons (Fsp3) is 0.312. The van der Waals surface area contributed by atoms with E-state index in [0.29, 0.717) is 5.56 Å². The molecule has 0 aliphatic heterocycles. The van der Waals surface area contributed by atoms with Crippen LogP contribution in [-0.2, 0) is 10.2 Å². The van der Waals surface area contributed by atoms with Crippen molar-refractivity contribution in [3.63, 3.8) is 0 Å². The topological polar surface area (TPSA) is 124 Å². The van der Waals surface area contributed by atoms with E-state index in [0.717, 1.165) is 10.2 Å². The van der Waals surface area contributed by atoms with E-state index in [1.54, 1.807) is 24.3 Å². The van der Waals surface area contributed by atoms with E-state index in [2.05, 4.69) is 25.5 Å². The first kappa shape index (κ1) is 18.1. The molecule has 2 aromatic rings. The summed E-state index contributed by atoms with van der Waals surface area (Å²) in [6, 6.07) is 6.62. The van der Waals surface area contributed by atoms with Crippen molar-refractivity contribution in [1.82, 2.24) is 14.9 Å². The molecule has 0 bridgehead atoms. The summed E-state index contributed by atoms with van der Waals surface area (Å²) >= 11 is 0. The number of hydrazone groups is 1. The number of hydrogen-bond donors (Lipinski definition) is 2. The molecule has 0 aliphatic carbocycles. The van der Waals surface area contributed by atoms with E-state index in [1.807, 2.05) is 20.8 Å². The predicted molar refractivity (Wildman–Crippen MR) is 94.1 cm³/mol. The molecule has 0 saturated heterocycles. The molecule has 2 rings (SSSR count). The molecule has 0 spiro atoms. The second kappa shape index (κ2) is 7.12. The van der Waals surface area contributed by atoms with E-state index in [-0.39, 0.29) is 11.6 Å². The highest BCUT2D eigenvalue weighted by atomic mass is 16.5. The van der Waals surface area contributed by atoms with Gasteiger partial charge in [0, 0.05) is 5.41 Å². The number of benzene rings is 1. The molecule has 9 heteroatoms. The van der Waals surface area contributed by atoms with Crippen molar-refractivity contribution in [3.05, 3.63) is 51.4 Å². The fourth-order valence-corrected chi connectivity index (χ4v) is 1.93. The number of nitrogens with one attached hydrogen (secondary N) is 1. The lowest BCUT2D eigenvalue weighted by Gasteiger charge is -2.16. The highest BCUT2D eigenvalue weighted by Gasteiger charge is 2.22. The fourth-order valence-electron chi connectivity index (χ4n) is 1.93. The summed E-state index contributed by atoms with van der Waals surface area (Å²) in [6.45, 7) is 5.55. The first-order valence-electron chi connectivity index (χ1n) is 7.47. The van der Waals surface area contributed by atoms with Gasteiger partial charge in [0.15, 0.2) is 0 Å². The molecule has 0 unspecified atom stereocenters. The van der Waals surface area contributed by atoms with E-state index in [1.165, 1.54) is 13.3 Å². The maximum absolute atomic E-state index is 12.2. The average Bonchev–Trinajstić information content (AvgIpc) is 2.57. The maximum atomic E-state index is 12.2. The molecular weight excluding hydrogens is 324 g/mol. The van der Waals surface area contributed by atoms with Crippen LogP contribution >= 0.6 is 0 Å². The van der Waals surface area contributed by atoms with Crippen LogP contribution in [0.1, 0.15) is 42.4 Å². The van der Waals surface area contributed by atoms with E-state index >= 15 is 0 Å². The van der Waals surface area contributed by atoms with Crippen LogP contribution in [0.5, 0.6) is 0 Å². The van der Waals surface area contributed by atoms with Crippen LogP contribution in [-0.4, -0.2) is 34.2 Å². The second-order valence-corrected chi connectivity index (χ2v) is 6.28. The Morgan fingerprint density at radius 3 is 2.48 bits per heavy atom. The number of aromatic nitrogens is 3. The number of anilines is 1. The Balaban J connectivity index is 2.13. The molecule has 25 heavy (non-hydrogen) atoms. The largest absolute Gasteiger partial charge is 0.465 e. The Hall–Kier alpha value is -3.23. The molecule has 9 nitrogen and oxygen atoms in total. The van der Waals surface area contributed by atoms with Crippen LogP contribution in [0.25, 0.3) is 0 Å². The molecule has 3 N–H and O–H groups in total. The summed E-state index contributed by atoms with van der Waals surface area (Å²) < 4.78 is 5.49. The molecule has 132 valence electrons. The van der Waals surface area contributed by atoms with Gasteiger partial charge < -0.3 is 10.6 Å². The third-order valence-electron chi connectivity index (χ3n) is 3.31. The number of nitrogens with zero attached hydrogens (tertiary/aromatic N) is 4. The predicted octanol–water partition coefficient (Wildman–Crippen LogP) is 0.882. The molecule has 0 radical (unpaired) electrons. The third-order valence-corrected chi connectivity index (χ3v) is 3.31. The van der Waals surface area contributed by atoms with Crippen LogP contribution in [0, 0.1) is 0 Å². The molecule has 0 aliphatic rings. The second-order valence-electron chi connectivity index (χ2n) is 6.28. The molecule has 1 aromatic heterocycles. The van der Waals surface area contributed by atoms with Gasteiger partial charge in [0.2, 0.25) is 0 Å². The molecular formula is C16H20N6O3. The number of nitrogen functional groups attached to an aromatic ring is 1. The quantitative estimate of drug-likeness (QED) is 0.365. The smallest absolute Gasteiger partial charge is 0.337 e. The van der Waals surface area contributed by atoms with Gasteiger partial charge in [-0.3, -0.25) is 4.79 Å². The van der Waals surface area contributed by atoms with Gasteiger partial charge in [0.05, 0.1) is 18.9 Å². The van der Waals surface area contributed by atoms with Crippen LogP contribution in [0.2, 0.25) is 0 Å². The number of carbonyl (C=O) groups is 1. The minimum Gasteiger partial charge on any atom is -0.465 e. The Morgan fingerprint density at radius 1 is 1.28 bits per heavy atom. The normalized spacial score (nSPS) is 11.5. The van der Waals surface area contributed by atoms with Gasteiger partial charge in [-0.05, 0) is 17.7 Å². The Kier molecular flexibility index (Phi) is 5.16. The minimum atomic E-state index is -0.464. The van der Waals surface area contributed by atoms with Crippen LogP contribution < -0.4 is 16.8 Å². The number of nitrogens with two attached hydrogens (primary N) is 1. The lowest BCUT2D eigenvalue weighted by molar-refractivity contribution is 0.0600. The van der Waals surface area contributed by atoms with Crippen molar-refractivity contribution in [2.75, 3.05) is 18.4 Å². The zero-order chi connectivity index (χ0) is 18.6. The molecule has 0 amide bonds. The molecule has 0 atom stereocenters. The van der Waals surface area contributed by atoms with Crippen molar-refractivity contribution in [2.45, 2.75) is 26.2 Å². The van der Waals surface area contributed by atoms with Gasteiger partial charge in [-0.25, -0.2) is 10.2 Å². The van der Waals surface area contributed by atoms with E-state index in [9.17, 15) is 9.59 Å². The number of esters is 1. The highest BCUT2D eigenvalue weighted by molar-refractivity contribution is 5.90. The number of hydrogen-bond acceptors (Lipinski definition) is 8. The summed E-state index contributed by atoms with van der Waals surface area (Å²) in [5.74, 6) is 5.34. The lowest BCUT2D eigenvalue weighted by atomic mass is 9.93. The molecule has 0 fully saturated rings. The van der Waals surface area contributed by atoms with Crippen molar-refractivity contribution >= 4 is 18.1 Å². The van der Waals surface area contributed by atoms with Gasteiger partial charge in [-0.2, -0.15) is 9.78 Å². The Labute approximate surface area is 144 Å². The highest BCUT2D eigenvalue weighted by Crippen LogP contribution is 2.15. The Morgan fingerprint density at radius 2 is 1.92 bits per heavy atom. The zero-order valence-electron chi connectivity index (χ0n) is 14.5. The third kappa shape index (κ3) is 4.19. The lowest BCUT2D eigenvalue weighted by Crippen LogP contribution is -2.38. The van der Waals surface area contributed by atoms with E-state index < -0.39 is 16.9 Å². The Bertz CT molecular complexity index is 850. The summed E-state index contributed by atoms with van der Waals surface area (Å²) in [6.07, 6.45) is 1.49. The molecule has 1 heterocycles. The monoisotopic (exact) mass is 344 g/mol. The summed E-state index contributed by atoms with van der Waals surface area (Å²) in [4.78, 5) is 23.6. The number of rotatable bonds is 4. The van der Waals surface area contributed by atoms with Crippen molar-refractivity contribution in [1.29, 1.82) is 0 Å². The molecule has 0 saturated carbocycles. The summed E-state index contributed by atoms with van der Waals surface area (Å²) in [5, 5.41) is 11.8. The number of methoxy groups -OCH3 is 1. The van der Waals surface area contributed by atoms with Gasteiger partial charge in [-0.15, -0.1) is 10.2 Å². The van der Waals surface area contributed by atoms with Gasteiger partial charge in [0.25, 0.3) is 11.5 Å². The van der Waals surface area contributed by atoms with E-state index in [4.69, 9.17) is 5.84 Å². The average molecular weight is 344 g/mol. The maximum Gasteiger partial charge on any atom is 0.337 e. The standard InChI is InChI=1S/C16H20N6O3/c1-16(2,3)12-13(23)22(17)15(21-19-12)20-18-9-10-5-7-11(8-6-10)14(24)25-4/h5-9H,17H2,1-4H3,(H,20,21)/b18-9+.